The Kier molecular flexibility index (Phi) is 10.3. The molecular weight excluding hydrogens is 498 g/mol. The summed E-state index contributed by atoms with van der Waals surface area (Å²) in [6, 6.07) is 7.78. The molecule has 13 heteroatoms. The number of piperidine rings is 1. The number of amides is 3. The molecule has 1 saturated heterocycles. The van der Waals surface area contributed by atoms with E-state index in [1.54, 1.807) is 22.5 Å². The van der Waals surface area contributed by atoms with E-state index >= 15 is 0 Å². The molecule has 192 valence electrons. The zero-order chi connectivity index (χ0) is 24.7. The summed E-state index contributed by atoms with van der Waals surface area (Å²) >= 11 is 0. The largest absolute Gasteiger partial charge is 0.497 e. The lowest BCUT2D eigenvalue weighted by molar-refractivity contribution is -0.135. The van der Waals surface area contributed by atoms with Gasteiger partial charge in [0.1, 0.15) is 11.8 Å². The van der Waals surface area contributed by atoms with E-state index in [1.165, 1.54) is 50.8 Å². The fourth-order valence-corrected chi connectivity index (χ4v) is 5.74. The van der Waals surface area contributed by atoms with E-state index in [-0.39, 0.29) is 29.9 Å². The number of hydrogen-bond donors (Lipinski definition) is 3. The minimum absolute atomic E-state index is 0. The molecule has 2 aromatic rings. The minimum atomic E-state index is -4.17. The van der Waals surface area contributed by atoms with Gasteiger partial charge >= 0.3 is 6.03 Å². The molecule has 0 radical (unpaired) electrons. The van der Waals surface area contributed by atoms with Crippen molar-refractivity contribution in [3.8, 4) is 5.75 Å². The Bertz CT molecular complexity index is 1080. The van der Waals surface area contributed by atoms with Crippen LogP contribution in [0.2, 0.25) is 0 Å². The van der Waals surface area contributed by atoms with Gasteiger partial charge in [0.15, 0.2) is 0 Å². The number of carbonyl (C=O) groups is 2. The second-order valence-corrected chi connectivity index (χ2v) is 9.77. The standard InChI is InChI=1S/C22H29N5O6S.ClH/c1-23-22(29)26-13-9-17(10-14-26)20(21(28)25-30)27(15-16-7-11-24-12-8-16)34(31,32)19-5-3-18(33-2)4-6-19;/h3-8,11-12,17,20,30H,9-10,13-15H2,1-2H3,(H,23,29)(H,25,28);1H/t20-;/m1./s1. The SMILES string of the molecule is CNC(=O)N1CCC([C@H](C(=O)NO)N(Cc2ccncc2)S(=O)(=O)c2ccc(OC)cc2)CC1.Cl. The van der Waals surface area contributed by atoms with Gasteiger partial charge in [-0.2, -0.15) is 4.31 Å². The van der Waals surface area contributed by atoms with Crippen LogP contribution in [0.3, 0.4) is 0 Å². The van der Waals surface area contributed by atoms with Crippen LogP contribution in [-0.4, -0.2) is 73.0 Å². The Morgan fingerprint density at radius 2 is 1.77 bits per heavy atom. The number of likely N-dealkylation sites (tertiary alicyclic amines) is 1. The molecule has 2 heterocycles. The van der Waals surface area contributed by atoms with Crippen LogP contribution in [0.1, 0.15) is 18.4 Å². The van der Waals surface area contributed by atoms with Gasteiger partial charge in [0, 0.05) is 39.1 Å². The number of rotatable bonds is 8. The Hall–Kier alpha value is -2.93. The van der Waals surface area contributed by atoms with E-state index in [0.717, 1.165) is 4.31 Å². The van der Waals surface area contributed by atoms with Crippen molar-refractivity contribution in [2.75, 3.05) is 27.2 Å². The number of benzene rings is 1. The number of pyridine rings is 1. The van der Waals surface area contributed by atoms with Crippen molar-refractivity contribution < 1.29 is 28.0 Å². The van der Waals surface area contributed by atoms with Gasteiger partial charge in [-0.3, -0.25) is 15.0 Å². The molecule has 1 aliphatic rings. The summed E-state index contributed by atoms with van der Waals surface area (Å²) in [5.41, 5.74) is 2.28. The van der Waals surface area contributed by atoms with Crippen LogP contribution in [0.4, 0.5) is 4.79 Å². The van der Waals surface area contributed by atoms with E-state index in [4.69, 9.17) is 4.74 Å². The molecule has 0 spiro atoms. The molecule has 1 aliphatic heterocycles. The third-order valence-electron chi connectivity index (χ3n) is 5.93. The normalized spacial score (nSPS) is 15.1. The fraction of sp³-hybridized carbons (Fsp3) is 0.409. The maximum absolute atomic E-state index is 13.8. The summed E-state index contributed by atoms with van der Waals surface area (Å²) in [4.78, 5) is 30.4. The molecule has 0 aliphatic carbocycles. The van der Waals surface area contributed by atoms with E-state index in [1.807, 2.05) is 0 Å². The molecule has 1 aromatic heterocycles. The van der Waals surface area contributed by atoms with Crippen LogP contribution in [0.15, 0.2) is 53.7 Å². The van der Waals surface area contributed by atoms with E-state index < -0.39 is 27.9 Å². The average molecular weight is 528 g/mol. The molecular formula is C22H30ClN5O6S. The highest BCUT2D eigenvalue weighted by Crippen LogP contribution is 2.31. The number of methoxy groups -OCH3 is 1. The number of ether oxygens (including phenoxy) is 1. The lowest BCUT2D eigenvalue weighted by atomic mass is 9.88. The lowest BCUT2D eigenvalue weighted by Gasteiger charge is -2.39. The highest BCUT2D eigenvalue weighted by Gasteiger charge is 2.42. The number of aromatic nitrogens is 1. The van der Waals surface area contributed by atoms with Crippen molar-refractivity contribution >= 4 is 34.4 Å². The molecule has 1 atom stereocenters. The van der Waals surface area contributed by atoms with Gasteiger partial charge in [-0.25, -0.2) is 18.7 Å². The first-order valence-electron chi connectivity index (χ1n) is 10.8. The molecule has 1 fully saturated rings. The van der Waals surface area contributed by atoms with E-state index in [0.29, 0.717) is 37.2 Å². The molecule has 3 N–H and O–H groups in total. The van der Waals surface area contributed by atoms with Crippen LogP contribution < -0.4 is 15.5 Å². The Labute approximate surface area is 210 Å². The van der Waals surface area contributed by atoms with Crippen molar-refractivity contribution in [2.24, 2.45) is 5.92 Å². The summed E-state index contributed by atoms with van der Waals surface area (Å²) in [5, 5.41) is 12.1. The first-order chi connectivity index (χ1) is 16.3. The van der Waals surface area contributed by atoms with Gasteiger partial charge in [0.2, 0.25) is 10.0 Å². The molecule has 3 rings (SSSR count). The summed E-state index contributed by atoms with van der Waals surface area (Å²) in [6.07, 6.45) is 3.85. The predicted octanol–water partition coefficient (Wildman–Crippen LogP) is 1.63. The molecule has 0 bridgehead atoms. The Morgan fingerprint density at radius 1 is 1.17 bits per heavy atom. The molecule has 0 unspecified atom stereocenters. The van der Waals surface area contributed by atoms with Gasteiger partial charge in [-0.05, 0) is 60.7 Å². The summed E-state index contributed by atoms with van der Waals surface area (Å²) in [5.74, 6) is -0.765. The molecule has 1 aromatic carbocycles. The van der Waals surface area contributed by atoms with Gasteiger partial charge < -0.3 is 15.0 Å². The average Bonchev–Trinajstić information content (AvgIpc) is 2.88. The number of halogens is 1. The van der Waals surface area contributed by atoms with E-state index in [9.17, 15) is 23.2 Å². The molecule has 11 nitrogen and oxygen atoms in total. The fourth-order valence-electron chi connectivity index (χ4n) is 4.11. The number of urea groups is 1. The van der Waals surface area contributed by atoms with Gasteiger partial charge in [0.25, 0.3) is 5.91 Å². The third kappa shape index (κ3) is 6.60. The monoisotopic (exact) mass is 527 g/mol. The van der Waals surface area contributed by atoms with Crippen LogP contribution in [0.25, 0.3) is 0 Å². The Morgan fingerprint density at radius 3 is 2.29 bits per heavy atom. The van der Waals surface area contributed by atoms with Gasteiger partial charge in [0.05, 0.1) is 12.0 Å². The number of carbonyl (C=O) groups excluding carboxylic acids is 2. The molecule has 0 saturated carbocycles. The van der Waals surface area contributed by atoms with Crippen LogP contribution in [0.5, 0.6) is 5.75 Å². The molecule has 3 amide bonds. The van der Waals surface area contributed by atoms with E-state index in [2.05, 4.69) is 10.3 Å². The Balaban J connectivity index is 0.00000432. The third-order valence-corrected chi connectivity index (χ3v) is 7.77. The van der Waals surface area contributed by atoms with Gasteiger partial charge in [-0.1, -0.05) is 0 Å². The lowest BCUT2D eigenvalue weighted by Crippen LogP contribution is -2.55. The van der Waals surface area contributed by atoms with Crippen molar-refractivity contribution in [1.29, 1.82) is 0 Å². The van der Waals surface area contributed by atoms with Crippen molar-refractivity contribution in [3.05, 3.63) is 54.4 Å². The summed E-state index contributed by atoms with van der Waals surface area (Å²) < 4.78 is 33.8. The summed E-state index contributed by atoms with van der Waals surface area (Å²) in [7, 11) is -1.16. The van der Waals surface area contributed by atoms with Crippen molar-refractivity contribution in [2.45, 2.75) is 30.3 Å². The number of hydroxylamine groups is 1. The summed E-state index contributed by atoms with van der Waals surface area (Å²) in [6.45, 7) is 0.598. The van der Waals surface area contributed by atoms with Crippen molar-refractivity contribution in [3.63, 3.8) is 0 Å². The topological polar surface area (TPSA) is 141 Å². The molecule has 35 heavy (non-hydrogen) atoms. The quantitative estimate of drug-likeness (QED) is 0.350. The first kappa shape index (κ1) is 28.3. The highest BCUT2D eigenvalue weighted by atomic mass is 35.5. The minimum Gasteiger partial charge on any atom is -0.497 e. The second kappa shape index (κ2) is 12.7. The van der Waals surface area contributed by atoms with Crippen LogP contribution >= 0.6 is 12.4 Å². The number of hydrogen-bond acceptors (Lipinski definition) is 7. The first-order valence-corrected chi connectivity index (χ1v) is 12.2. The maximum Gasteiger partial charge on any atom is 0.317 e. The van der Waals surface area contributed by atoms with Crippen LogP contribution in [-0.2, 0) is 21.4 Å². The number of sulfonamides is 1. The zero-order valence-electron chi connectivity index (χ0n) is 19.5. The second-order valence-electron chi connectivity index (χ2n) is 7.88. The highest BCUT2D eigenvalue weighted by molar-refractivity contribution is 7.89. The predicted molar refractivity (Wildman–Crippen MR) is 130 cm³/mol. The van der Waals surface area contributed by atoms with Crippen molar-refractivity contribution in [1.82, 2.24) is 25.0 Å². The number of nitrogens with zero attached hydrogens (tertiary/aromatic N) is 3. The van der Waals surface area contributed by atoms with Crippen LogP contribution in [0, 0.1) is 5.92 Å². The maximum atomic E-state index is 13.8. The number of nitrogens with one attached hydrogen (secondary N) is 2. The smallest absolute Gasteiger partial charge is 0.317 e. The van der Waals surface area contributed by atoms with Gasteiger partial charge in [-0.15, -0.1) is 12.4 Å². The zero-order valence-corrected chi connectivity index (χ0v) is 21.1.